The molecule has 6 heteroatoms. The number of piperazine rings is 1. The zero-order valence-corrected chi connectivity index (χ0v) is 17.5. The van der Waals surface area contributed by atoms with E-state index in [1.54, 1.807) is 4.90 Å². The van der Waals surface area contributed by atoms with Gasteiger partial charge in [-0.3, -0.25) is 14.4 Å². The summed E-state index contributed by atoms with van der Waals surface area (Å²) in [5.41, 5.74) is 0.997. The first-order chi connectivity index (χ1) is 13.3. The highest BCUT2D eigenvalue weighted by Crippen LogP contribution is 2.15. The van der Waals surface area contributed by atoms with Gasteiger partial charge in [0, 0.05) is 32.1 Å². The molecule has 1 aromatic rings. The Balaban J connectivity index is 1.96. The van der Waals surface area contributed by atoms with E-state index < -0.39 is 6.04 Å². The van der Waals surface area contributed by atoms with E-state index in [-0.39, 0.29) is 29.7 Å². The second kappa shape index (κ2) is 10.2. The molecule has 1 aliphatic heterocycles. The molecule has 0 saturated carbocycles. The number of nitrogens with zero attached hydrogens (tertiary/aromatic N) is 2. The maximum atomic E-state index is 13.0. The van der Waals surface area contributed by atoms with Crippen molar-refractivity contribution in [2.45, 2.75) is 59.0 Å². The van der Waals surface area contributed by atoms with Gasteiger partial charge in [-0.1, -0.05) is 51.1 Å². The summed E-state index contributed by atoms with van der Waals surface area (Å²) in [6.45, 7) is 9.31. The van der Waals surface area contributed by atoms with Crippen molar-refractivity contribution in [3.63, 3.8) is 0 Å². The molecule has 0 radical (unpaired) electrons. The predicted molar refractivity (Wildman–Crippen MR) is 110 cm³/mol. The Morgan fingerprint density at radius 2 is 1.82 bits per heavy atom. The van der Waals surface area contributed by atoms with Crippen LogP contribution in [0.4, 0.5) is 0 Å². The zero-order valence-electron chi connectivity index (χ0n) is 17.5. The molecule has 1 fully saturated rings. The molecule has 1 saturated heterocycles. The van der Waals surface area contributed by atoms with Crippen molar-refractivity contribution in [1.29, 1.82) is 0 Å². The summed E-state index contributed by atoms with van der Waals surface area (Å²) in [4.78, 5) is 41.3. The second-order valence-corrected chi connectivity index (χ2v) is 7.92. The predicted octanol–water partition coefficient (Wildman–Crippen LogP) is 2.23. The SMILES string of the molecule is CCCC(=O)NC(C(=O)N1CCN(C(=O)Cc2ccccc2)C(C)C1)C(C)C. The first kappa shape index (κ1) is 21.9. The molecule has 1 aromatic carbocycles. The van der Waals surface area contributed by atoms with E-state index in [0.29, 0.717) is 32.5 Å². The Morgan fingerprint density at radius 3 is 2.39 bits per heavy atom. The van der Waals surface area contributed by atoms with Crippen LogP contribution in [0.1, 0.15) is 46.1 Å². The molecule has 1 aliphatic rings. The Bertz CT molecular complexity index is 675. The van der Waals surface area contributed by atoms with Crippen LogP contribution in [0.2, 0.25) is 0 Å². The molecule has 0 spiro atoms. The summed E-state index contributed by atoms with van der Waals surface area (Å²) in [7, 11) is 0. The Hall–Kier alpha value is -2.37. The topological polar surface area (TPSA) is 69.7 Å². The molecule has 154 valence electrons. The molecule has 2 unspecified atom stereocenters. The van der Waals surface area contributed by atoms with Crippen LogP contribution in [0.5, 0.6) is 0 Å². The summed E-state index contributed by atoms with van der Waals surface area (Å²) >= 11 is 0. The molecule has 3 amide bonds. The van der Waals surface area contributed by atoms with E-state index in [2.05, 4.69) is 5.32 Å². The number of carbonyl (C=O) groups excluding carboxylic acids is 3. The molecule has 0 aromatic heterocycles. The minimum Gasteiger partial charge on any atom is -0.344 e. The molecular weight excluding hydrogens is 354 g/mol. The summed E-state index contributed by atoms with van der Waals surface area (Å²) in [5.74, 6) is -0.0375. The third-order valence-corrected chi connectivity index (χ3v) is 5.18. The van der Waals surface area contributed by atoms with Crippen LogP contribution < -0.4 is 5.32 Å². The molecule has 2 rings (SSSR count). The lowest BCUT2D eigenvalue weighted by Crippen LogP contribution is -2.60. The van der Waals surface area contributed by atoms with Gasteiger partial charge >= 0.3 is 0 Å². The van der Waals surface area contributed by atoms with Crippen molar-refractivity contribution >= 4 is 17.7 Å². The highest BCUT2D eigenvalue weighted by Gasteiger charge is 2.34. The first-order valence-corrected chi connectivity index (χ1v) is 10.2. The van der Waals surface area contributed by atoms with Gasteiger partial charge in [0.2, 0.25) is 17.7 Å². The summed E-state index contributed by atoms with van der Waals surface area (Å²) in [6, 6.07) is 9.14. The largest absolute Gasteiger partial charge is 0.344 e. The van der Waals surface area contributed by atoms with Crippen molar-refractivity contribution in [3.05, 3.63) is 35.9 Å². The number of rotatable bonds is 7. The smallest absolute Gasteiger partial charge is 0.245 e. The van der Waals surface area contributed by atoms with Gasteiger partial charge < -0.3 is 15.1 Å². The molecule has 0 bridgehead atoms. The first-order valence-electron chi connectivity index (χ1n) is 10.2. The van der Waals surface area contributed by atoms with Crippen LogP contribution in [0.3, 0.4) is 0 Å². The quantitative estimate of drug-likeness (QED) is 0.780. The normalized spacial score (nSPS) is 18.1. The van der Waals surface area contributed by atoms with Crippen molar-refractivity contribution in [2.24, 2.45) is 5.92 Å². The zero-order chi connectivity index (χ0) is 20.7. The Labute approximate surface area is 168 Å². The fourth-order valence-electron chi connectivity index (χ4n) is 3.58. The van der Waals surface area contributed by atoms with E-state index in [1.165, 1.54) is 0 Å². The van der Waals surface area contributed by atoms with Gasteiger partial charge in [-0.05, 0) is 24.8 Å². The molecule has 2 atom stereocenters. The minimum atomic E-state index is -0.516. The second-order valence-electron chi connectivity index (χ2n) is 7.92. The van der Waals surface area contributed by atoms with Crippen LogP contribution in [-0.4, -0.2) is 59.2 Å². The summed E-state index contributed by atoms with van der Waals surface area (Å²) in [5, 5.41) is 2.89. The fraction of sp³-hybridized carbons (Fsp3) is 0.591. The number of nitrogens with one attached hydrogen (secondary N) is 1. The van der Waals surface area contributed by atoms with Gasteiger partial charge in [-0.2, -0.15) is 0 Å². The Morgan fingerprint density at radius 1 is 1.14 bits per heavy atom. The summed E-state index contributed by atoms with van der Waals surface area (Å²) in [6.07, 6.45) is 1.56. The molecule has 1 heterocycles. The van der Waals surface area contributed by atoms with Crippen molar-refractivity contribution in [3.8, 4) is 0 Å². The van der Waals surface area contributed by atoms with E-state index in [1.807, 2.05) is 62.9 Å². The summed E-state index contributed by atoms with van der Waals surface area (Å²) < 4.78 is 0. The number of hydrogen-bond donors (Lipinski definition) is 1. The molecule has 1 N–H and O–H groups in total. The number of amides is 3. The van der Waals surface area contributed by atoms with Gasteiger partial charge in [0.15, 0.2) is 0 Å². The average Bonchev–Trinajstić information content (AvgIpc) is 2.66. The molecular formula is C22H33N3O3. The maximum absolute atomic E-state index is 13.0. The van der Waals surface area contributed by atoms with E-state index in [9.17, 15) is 14.4 Å². The number of hydrogen-bond acceptors (Lipinski definition) is 3. The lowest BCUT2D eigenvalue weighted by Gasteiger charge is -2.41. The highest BCUT2D eigenvalue weighted by molar-refractivity contribution is 5.88. The third kappa shape index (κ3) is 5.81. The van der Waals surface area contributed by atoms with Gasteiger partial charge in [0.25, 0.3) is 0 Å². The van der Waals surface area contributed by atoms with Crippen LogP contribution in [0.15, 0.2) is 30.3 Å². The molecule has 0 aliphatic carbocycles. The van der Waals surface area contributed by atoms with Crippen LogP contribution in [0, 0.1) is 5.92 Å². The fourth-order valence-corrected chi connectivity index (χ4v) is 3.58. The van der Waals surface area contributed by atoms with Gasteiger partial charge in [-0.15, -0.1) is 0 Å². The van der Waals surface area contributed by atoms with Gasteiger partial charge in [0.05, 0.1) is 6.42 Å². The van der Waals surface area contributed by atoms with Crippen LogP contribution >= 0.6 is 0 Å². The Kier molecular flexibility index (Phi) is 8.03. The van der Waals surface area contributed by atoms with Crippen LogP contribution in [0.25, 0.3) is 0 Å². The van der Waals surface area contributed by atoms with E-state index in [4.69, 9.17) is 0 Å². The number of benzene rings is 1. The molecule has 28 heavy (non-hydrogen) atoms. The van der Waals surface area contributed by atoms with Crippen molar-refractivity contribution in [1.82, 2.24) is 15.1 Å². The van der Waals surface area contributed by atoms with Gasteiger partial charge in [-0.25, -0.2) is 0 Å². The monoisotopic (exact) mass is 387 g/mol. The van der Waals surface area contributed by atoms with Crippen molar-refractivity contribution in [2.75, 3.05) is 19.6 Å². The van der Waals surface area contributed by atoms with Crippen molar-refractivity contribution < 1.29 is 14.4 Å². The van der Waals surface area contributed by atoms with Gasteiger partial charge in [0.1, 0.15) is 6.04 Å². The van der Waals surface area contributed by atoms with E-state index in [0.717, 1.165) is 12.0 Å². The molecule has 6 nitrogen and oxygen atoms in total. The maximum Gasteiger partial charge on any atom is 0.245 e. The standard InChI is InChI=1S/C22H33N3O3/c1-5-9-19(26)23-21(16(2)3)22(28)24-12-13-25(17(4)15-24)20(27)14-18-10-7-6-8-11-18/h6-8,10-11,16-17,21H,5,9,12-15H2,1-4H3,(H,23,26). The lowest BCUT2D eigenvalue weighted by atomic mass is 10.0. The van der Waals surface area contributed by atoms with E-state index >= 15 is 0 Å². The average molecular weight is 388 g/mol. The minimum absolute atomic E-state index is 0.0151. The van der Waals surface area contributed by atoms with Crippen LogP contribution in [-0.2, 0) is 20.8 Å². The third-order valence-electron chi connectivity index (χ3n) is 5.18. The highest BCUT2D eigenvalue weighted by atomic mass is 16.2. The number of carbonyl (C=O) groups is 3. The lowest BCUT2D eigenvalue weighted by molar-refractivity contribution is -0.145.